The van der Waals surface area contributed by atoms with E-state index >= 15 is 0 Å². The highest BCUT2D eigenvalue weighted by atomic mass is 19.1. The van der Waals surface area contributed by atoms with Crippen LogP contribution >= 0.6 is 0 Å². The Morgan fingerprint density at radius 2 is 2.00 bits per heavy atom. The maximum atomic E-state index is 14.2. The first kappa shape index (κ1) is 13.5. The number of esters is 1. The first-order chi connectivity index (χ1) is 7.61. The molecule has 0 radical (unpaired) electrons. The highest BCUT2D eigenvalue weighted by Gasteiger charge is 2.37. The molecule has 2 nitrogen and oxygen atoms in total. The second-order valence-electron chi connectivity index (χ2n) is 4.78. The van der Waals surface area contributed by atoms with Gasteiger partial charge in [-0.25, -0.2) is 4.39 Å². The van der Waals surface area contributed by atoms with Gasteiger partial charge in [0.05, 0.1) is 12.5 Å². The average molecular weight is 230 g/mol. The van der Waals surface area contributed by atoms with Crippen LogP contribution in [0.1, 0.15) is 58.8 Å². The summed E-state index contributed by atoms with van der Waals surface area (Å²) in [6, 6.07) is 0. The van der Waals surface area contributed by atoms with Gasteiger partial charge in [-0.2, -0.15) is 0 Å². The number of halogens is 1. The van der Waals surface area contributed by atoms with E-state index in [1.165, 1.54) is 0 Å². The summed E-state index contributed by atoms with van der Waals surface area (Å²) in [6.45, 7) is 4.31. The SMILES string of the molecule is CCCCC1(F)CCC(C(=O)OCC)CC1. The Morgan fingerprint density at radius 3 is 2.50 bits per heavy atom. The number of ether oxygens (including phenoxy) is 1. The highest BCUT2D eigenvalue weighted by molar-refractivity contribution is 5.72. The minimum atomic E-state index is -1.01. The molecule has 0 atom stereocenters. The van der Waals surface area contributed by atoms with Crippen molar-refractivity contribution in [1.82, 2.24) is 0 Å². The average Bonchev–Trinajstić information content (AvgIpc) is 2.28. The first-order valence-corrected chi connectivity index (χ1v) is 6.47. The van der Waals surface area contributed by atoms with E-state index in [4.69, 9.17) is 4.74 Å². The lowest BCUT2D eigenvalue weighted by molar-refractivity contribution is -0.150. The number of alkyl halides is 1. The van der Waals surface area contributed by atoms with E-state index in [-0.39, 0.29) is 11.9 Å². The summed E-state index contributed by atoms with van der Waals surface area (Å²) in [5.74, 6) is -0.203. The molecule has 0 saturated heterocycles. The van der Waals surface area contributed by atoms with Crippen LogP contribution in [0.5, 0.6) is 0 Å². The lowest BCUT2D eigenvalue weighted by atomic mass is 9.77. The molecule has 1 aliphatic carbocycles. The predicted molar refractivity (Wildman–Crippen MR) is 62.0 cm³/mol. The van der Waals surface area contributed by atoms with Crippen LogP contribution in [-0.2, 0) is 9.53 Å². The monoisotopic (exact) mass is 230 g/mol. The number of hydrogen-bond donors (Lipinski definition) is 0. The van der Waals surface area contributed by atoms with Crippen LogP contribution in [0.3, 0.4) is 0 Å². The van der Waals surface area contributed by atoms with Crippen molar-refractivity contribution >= 4 is 5.97 Å². The van der Waals surface area contributed by atoms with Gasteiger partial charge in [-0.1, -0.05) is 19.8 Å². The van der Waals surface area contributed by atoms with Gasteiger partial charge in [-0.05, 0) is 39.0 Å². The molecule has 1 aliphatic rings. The fourth-order valence-corrected chi connectivity index (χ4v) is 2.37. The topological polar surface area (TPSA) is 26.3 Å². The third-order valence-corrected chi connectivity index (χ3v) is 3.48. The Kier molecular flexibility index (Phi) is 5.23. The van der Waals surface area contributed by atoms with Crippen LogP contribution in [0, 0.1) is 5.92 Å². The number of carbonyl (C=O) groups is 1. The predicted octanol–water partition coefficient (Wildman–Crippen LogP) is 3.64. The van der Waals surface area contributed by atoms with Crippen molar-refractivity contribution in [3.63, 3.8) is 0 Å². The molecular formula is C13H23FO2. The molecule has 0 aromatic rings. The van der Waals surface area contributed by atoms with E-state index in [0.29, 0.717) is 38.7 Å². The Morgan fingerprint density at radius 1 is 1.38 bits per heavy atom. The van der Waals surface area contributed by atoms with Gasteiger partial charge < -0.3 is 4.74 Å². The van der Waals surface area contributed by atoms with Gasteiger partial charge in [-0.15, -0.1) is 0 Å². The quantitative estimate of drug-likeness (QED) is 0.674. The molecule has 94 valence electrons. The summed E-state index contributed by atoms with van der Waals surface area (Å²) in [6.07, 6.45) is 4.98. The van der Waals surface area contributed by atoms with Crippen LogP contribution in [0.4, 0.5) is 4.39 Å². The molecule has 0 aliphatic heterocycles. The van der Waals surface area contributed by atoms with Crippen molar-refractivity contribution in [2.75, 3.05) is 6.61 Å². The Labute approximate surface area is 97.6 Å². The molecule has 0 unspecified atom stereocenters. The fraction of sp³-hybridized carbons (Fsp3) is 0.923. The van der Waals surface area contributed by atoms with Crippen LogP contribution < -0.4 is 0 Å². The smallest absolute Gasteiger partial charge is 0.308 e. The number of hydrogen-bond acceptors (Lipinski definition) is 2. The van der Waals surface area contributed by atoms with Gasteiger partial charge >= 0.3 is 5.97 Å². The zero-order valence-corrected chi connectivity index (χ0v) is 10.4. The van der Waals surface area contributed by atoms with E-state index < -0.39 is 5.67 Å². The minimum Gasteiger partial charge on any atom is -0.466 e. The summed E-state index contributed by atoms with van der Waals surface area (Å²) < 4.78 is 19.2. The van der Waals surface area contributed by atoms with Crippen molar-refractivity contribution in [2.24, 2.45) is 5.92 Å². The standard InChI is InChI=1S/C13H23FO2/c1-3-5-8-13(14)9-6-11(7-10-13)12(15)16-4-2/h11H,3-10H2,1-2H3. The van der Waals surface area contributed by atoms with E-state index in [1.807, 2.05) is 0 Å². The summed E-state index contributed by atoms with van der Waals surface area (Å²) in [5, 5.41) is 0. The molecule has 1 rings (SSSR count). The molecule has 0 N–H and O–H groups in total. The molecule has 0 aromatic heterocycles. The van der Waals surface area contributed by atoms with Crippen LogP contribution in [0.25, 0.3) is 0 Å². The molecule has 16 heavy (non-hydrogen) atoms. The number of carbonyl (C=O) groups excluding carboxylic acids is 1. The third-order valence-electron chi connectivity index (χ3n) is 3.48. The van der Waals surface area contributed by atoms with Gasteiger partial charge in [0.25, 0.3) is 0 Å². The van der Waals surface area contributed by atoms with Gasteiger partial charge in [0.1, 0.15) is 5.67 Å². The van der Waals surface area contributed by atoms with Gasteiger partial charge in [0.15, 0.2) is 0 Å². The van der Waals surface area contributed by atoms with Crippen LogP contribution in [0.2, 0.25) is 0 Å². The fourth-order valence-electron chi connectivity index (χ4n) is 2.37. The molecule has 0 bridgehead atoms. The van der Waals surface area contributed by atoms with Crippen molar-refractivity contribution in [3.05, 3.63) is 0 Å². The Bertz CT molecular complexity index is 220. The maximum absolute atomic E-state index is 14.2. The van der Waals surface area contributed by atoms with E-state index in [1.54, 1.807) is 6.92 Å². The zero-order chi connectivity index (χ0) is 12.0. The Balaban J connectivity index is 2.35. The summed E-state index contributed by atoms with van der Waals surface area (Å²) >= 11 is 0. The molecule has 0 spiro atoms. The van der Waals surface area contributed by atoms with E-state index in [2.05, 4.69) is 6.92 Å². The minimum absolute atomic E-state index is 0.0644. The van der Waals surface area contributed by atoms with Crippen molar-refractivity contribution in [1.29, 1.82) is 0 Å². The summed E-state index contributed by atoms with van der Waals surface area (Å²) in [5.41, 5.74) is -1.01. The number of unbranched alkanes of at least 4 members (excludes halogenated alkanes) is 1. The second-order valence-corrected chi connectivity index (χ2v) is 4.78. The van der Waals surface area contributed by atoms with E-state index in [9.17, 15) is 9.18 Å². The van der Waals surface area contributed by atoms with Crippen molar-refractivity contribution in [3.8, 4) is 0 Å². The van der Waals surface area contributed by atoms with Crippen molar-refractivity contribution < 1.29 is 13.9 Å². The zero-order valence-electron chi connectivity index (χ0n) is 10.4. The van der Waals surface area contributed by atoms with Crippen LogP contribution in [-0.4, -0.2) is 18.2 Å². The maximum Gasteiger partial charge on any atom is 0.308 e. The number of rotatable bonds is 5. The van der Waals surface area contributed by atoms with Crippen molar-refractivity contribution in [2.45, 2.75) is 64.5 Å². The molecule has 1 fully saturated rings. The molecule has 1 saturated carbocycles. The lowest BCUT2D eigenvalue weighted by Gasteiger charge is -2.33. The van der Waals surface area contributed by atoms with Gasteiger partial charge in [-0.3, -0.25) is 4.79 Å². The third kappa shape index (κ3) is 3.76. The molecule has 0 amide bonds. The molecule has 3 heteroatoms. The molecular weight excluding hydrogens is 207 g/mol. The normalized spacial score (nSPS) is 30.1. The molecule has 0 heterocycles. The summed E-state index contributed by atoms with van der Waals surface area (Å²) in [7, 11) is 0. The Hall–Kier alpha value is -0.600. The lowest BCUT2D eigenvalue weighted by Crippen LogP contribution is -2.33. The first-order valence-electron chi connectivity index (χ1n) is 6.47. The van der Waals surface area contributed by atoms with Gasteiger partial charge in [0, 0.05) is 0 Å². The highest BCUT2D eigenvalue weighted by Crippen LogP contribution is 2.38. The van der Waals surface area contributed by atoms with E-state index in [0.717, 1.165) is 12.8 Å². The summed E-state index contributed by atoms with van der Waals surface area (Å²) in [4.78, 5) is 11.5. The van der Waals surface area contributed by atoms with Crippen LogP contribution in [0.15, 0.2) is 0 Å². The molecule has 0 aromatic carbocycles. The second kappa shape index (κ2) is 6.21. The van der Waals surface area contributed by atoms with Gasteiger partial charge in [0.2, 0.25) is 0 Å². The largest absolute Gasteiger partial charge is 0.466 e.